The molecule has 1 saturated carbocycles. The summed E-state index contributed by atoms with van der Waals surface area (Å²) in [5, 5.41) is 12.4. The molecule has 2 aliphatic rings. The van der Waals surface area contributed by atoms with Gasteiger partial charge in [0.05, 0.1) is 4.87 Å². The molecule has 3 nitrogen and oxygen atoms in total. The second-order valence-corrected chi connectivity index (χ2v) is 6.99. The summed E-state index contributed by atoms with van der Waals surface area (Å²) >= 11 is 1.92. The molecule has 0 radical (unpaired) electrons. The molecule has 2 atom stereocenters. The topological polar surface area (TPSA) is 49.3 Å². The molecule has 0 bridgehead atoms. The smallest absolute Gasteiger partial charge is 0.320 e. The summed E-state index contributed by atoms with van der Waals surface area (Å²) in [5.74, 6) is 0.277. The van der Waals surface area contributed by atoms with Crippen molar-refractivity contribution in [2.75, 3.05) is 5.75 Å². The lowest BCUT2D eigenvalue weighted by molar-refractivity contribution is -0.140. The molecule has 1 heterocycles. The highest BCUT2D eigenvalue weighted by molar-refractivity contribution is 8.00. The van der Waals surface area contributed by atoms with E-state index in [9.17, 15) is 4.79 Å². The fourth-order valence-electron chi connectivity index (χ4n) is 2.73. The van der Waals surface area contributed by atoms with Crippen molar-refractivity contribution < 1.29 is 9.90 Å². The Bertz CT molecular complexity index is 280. The van der Waals surface area contributed by atoms with Crippen LogP contribution in [0.15, 0.2) is 0 Å². The lowest BCUT2D eigenvalue weighted by Crippen LogP contribution is -2.53. The zero-order chi connectivity index (χ0) is 11.1. The van der Waals surface area contributed by atoms with Crippen LogP contribution in [0.1, 0.15) is 39.5 Å². The van der Waals surface area contributed by atoms with E-state index in [0.717, 1.165) is 25.0 Å². The number of carbonyl (C=O) groups is 1. The van der Waals surface area contributed by atoms with Crippen molar-refractivity contribution in [3.63, 3.8) is 0 Å². The third-order valence-electron chi connectivity index (χ3n) is 3.49. The number of carboxylic acids is 1. The maximum Gasteiger partial charge on any atom is 0.320 e. The quantitative estimate of drug-likeness (QED) is 0.722. The Morgan fingerprint density at radius 3 is 2.73 bits per heavy atom. The Hall–Kier alpha value is -0.220. The molecular weight excluding hydrogens is 210 g/mol. The van der Waals surface area contributed by atoms with Crippen LogP contribution in [0.25, 0.3) is 0 Å². The SMILES string of the molecule is CC1(C)CCC2(C1)NC(C(=O)O)CCS2. The number of thioether (sulfide) groups is 1. The summed E-state index contributed by atoms with van der Waals surface area (Å²) in [5.41, 5.74) is 0.362. The van der Waals surface area contributed by atoms with Crippen LogP contribution in [0.5, 0.6) is 0 Å². The van der Waals surface area contributed by atoms with E-state index in [1.54, 1.807) is 0 Å². The average Bonchev–Trinajstić information content (AvgIpc) is 2.42. The second kappa shape index (κ2) is 3.67. The van der Waals surface area contributed by atoms with Gasteiger partial charge in [-0.2, -0.15) is 0 Å². The molecule has 2 unspecified atom stereocenters. The van der Waals surface area contributed by atoms with Gasteiger partial charge in [-0.3, -0.25) is 10.1 Å². The number of hydrogen-bond acceptors (Lipinski definition) is 3. The van der Waals surface area contributed by atoms with E-state index in [2.05, 4.69) is 19.2 Å². The maximum absolute atomic E-state index is 11.0. The highest BCUT2D eigenvalue weighted by Gasteiger charge is 2.47. The molecule has 4 heteroatoms. The van der Waals surface area contributed by atoms with Crippen molar-refractivity contribution in [1.82, 2.24) is 5.32 Å². The first-order valence-corrected chi connectivity index (χ1v) is 6.56. The highest BCUT2D eigenvalue weighted by atomic mass is 32.2. The highest BCUT2D eigenvalue weighted by Crippen LogP contribution is 2.50. The zero-order valence-corrected chi connectivity index (χ0v) is 10.2. The lowest BCUT2D eigenvalue weighted by atomic mass is 9.91. The van der Waals surface area contributed by atoms with Gasteiger partial charge in [0.15, 0.2) is 0 Å². The summed E-state index contributed by atoms with van der Waals surface area (Å²) in [6.07, 6.45) is 4.14. The molecule has 2 rings (SSSR count). The van der Waals surface area contributed by atoms with Crippen LogP contribution < -0.4 is 5.32 Å². The van der Waals surface area contributed by atoms with E-state index in [4.69, 9.17) is 5.11 Å². The number of hydrogen-bond donors (Lipinski definition) is 2. The molecule has 1 aliphatic heterocycles. The Balaban J connectivity index is 2.07. The van der Waals surface area contributed by atoms with E-state index in [1.807, 2.05) is 11.8 Å². The van der Waals surface area contributed by atoms with Gasteiger partial charge in [0.25, 0.3) is 0 Å². The molecule has 0 amide bonds. The van der Waals surface area contributed by atoms with E-state index >= 15 is 0 Å². The normalized spacial score (nSPS) is 39.5. The first kappa shape index (κ1) is 11.3. The van der Waals surface area contributed by atoms with Crippen molar-refractivity contribution in [1.29, 1.82) is 0 Å². The first-order chi connectivity index (χ1) is 6.93. The van der Waals surface area contributed by atoms with Gasteiger partial charge in [-0.15, -0.1) is 11.8 Å². The van der Waals surface area contributed by atoms with Gasteiger partial charge >= 0.3 is 5.97 Å². The molecule has 1 saturated heterocycles. The minimum atomic E-state index is -0.695. The number of rotatable bonds is 1. The van der Waals surface area contributed by atoms with Gasteiger partial charge in [0.2, 0.25) is 0 Å². The van der Waals surface area contributed by atoms with Gasteiger partial charge in [-0.25, -0.2) is 0 Å². The maximum atomic E-state index is 11.0. The minimum absolute atomic E-state index is 0.0464. The van der Waals surface area contributed by atoms with Gasteiger partial charge in [0, 0.05) is 0 Å². The van der Waals surface area contributed by atoms with Crippen LogP contribution in [0.2, 0.25) is 0 Å². The van der Waals surface area contributed by atoms with Crippen LogP contribution in [-0.2, 0) is 4.79 Å². The van der Waals surface area contributed by atoms with Crippen molar-refractivity contribution in [2.45, 2.75) is 50.4 Å². The molecule has 0 aromatic carbocycles. The average molecular weight is 229 g/mol. The van der Waals surface area contributed by atoms with Crippen LogP contribution >= 0.6 is 11.8 Å². The molecule has 0 aromatic heterocycles. The van der Waals surface area contributed by atoms with Crippen LogP contribution in [-0.4, -0.2) is 27.7 Å². The third kappa shape index (κ3) is 2.31. The molecule has 1 aliphatic carbocycles. The fourth-order valence-corrected chi connectivity index (χ4v) is 4.43. The Morgan fingerprint density at radius 2 is 2.20 bits per heavy atom. The number of aliphatic carboxylic acids is 1. The van der Waals surface area contributed by atoms with Crippen LogP contribution in [0.3, 0.4) is 0 Å². The molecular formula is C11H19NO2S. The molecule has 1 spiro atoms. The predicted molar refractivity (Wildman–Crippen MR) is 62.0 cm³/mol. The number of nitrogens with one attached hydrogen (secondary N) is 1. The van der Waals surface area contributed by atoms with Gasteiger partial charge < -0.3 is 5.11 Å². The van der Waals surface area contributed by atoms with Crippen molar-refractivity contribution in [2.24, 2.45) is 5.41 Å². The summed E-state index contributed by atoms with van der Waals surface area (Å²) in [4.78, 5) is 11.0. The molecule has 0 aromatic rings. The Kier molecular flexibility index (Phi) is 2.75. The Labute approximate surface area is 95.0 Å². The standard InChI is InChI=1S/C11H19NO2S/c1-10(2)4-5-11(7-10)12-8(9(13)14)3-6-15-11/h8,12H,3-7H2,1-2H3,(H,13,14). The minimum Gasteiger partial charge on any atom is -0.480 e. The molecule has 2 N–H and O–H groups in total. The zero-order valence-electron chi connectivity index (χ0n) is 9.38. The number of carboxylic acid groups (broad SMARTS) is 1. The van der Waals surface area contributed by atoms with Gasteiger partial charge in [0.1, 0.15) is 6.04 Å². The van der Waals surface area contributed by atoms with Crippen molar-refractivity contribution in [3.8, 4) is 0 Å². The van der Waals surface area contributed by atoms with Crippen molar-refractivity contribution >= 4 is 17.7 Å². The van der Waals surface area contributed by atoms with Crippen LogP contribution in [0, 0.1) is 5.41 Å². The first-order valence-electron chi connectivity index (χ1n) is 5.57. The van der Waals surface area contributed by atoms with Crippen LogP contribution in [0.4, 0.5) is 0 Å². The third-order valence-corrected chi connectivity index (χ3v) is 4.95. The summed E-state index contributed by atoms with van der Waals surface area (Å²) in [6.45, 7) is 4.54. The molecule has 86 valence electrons. The fraction of sp³-hybridized carbons (Fsp3) is 0.909. The molecule has 15 heavy (non-hydrogen) atoms. The van der Waals surface area contributed by atoms with E-state index in [1.165, 1.54) is 6.42 Å². The van der Waals surface area contributed by atoms with E-state index in [-0.39, 0.29) is 10.9 Å². The van der Waals surface area contributed by atoms with Gasteiger partial charge in [-0.05, 0) is 36.9 Å². The van der Waals surface area contributed by atoms with Gasteiger partial charge in [-0.1, -0.05) is 13.8 Å². The summed E-state index contributed by atoms with van der Waals surface area (Å²) in [7, 11) is 0. The monoisotopic (exact) mass is 229 g/mol. The van der Waals surface area contributed by atoms with E-state index < -0.39 is 5.97 Å². The van der Waals surface area contributed by atoms with E-state index in [0.29, 0.717) is 5.41 Å². The van der Waals surface area contributed by atoms with Crippen molar-refractivity contribution in [3.05, 3.63) is 0 Å². The lowest BCUT2D eigenvalue weighted by Gasteiger charge is -2.38. The Morgan fingerprint density at radius 1 is 1.47 bits per heavy atom. The molecule has 2 fully saturated rings. The summed E-state index contributed by atoms with van der Waals surface area (Å²) in [6, 6.07) is -0.333. The largest absolute Gasteiger partial charge is 0.480 e. The second-order valence-electron chi connectivity index (χ2n) is 5.51. The summed E-state index contributed by atoms with van der Waals surface area (Å²) < 4.78 is 0. The predicted octanol–water partition coefficient (Wildman–Crippen LogP) is 2.07.